The maximum atomic E-state index is 11.2. The second-order valence-electron chi connectivity index (χ2n) is 4.49. The molecule has 0 bridgehead atoms. The molecular weight excluding hydrogens is 216 g/mol. The summed E-state index contributed by atoms with van der Waals surface area (Å²) < 4.78 is 4.62. The Labute approximate surface area is 105 Å². The first-order valence-corrected chi connectivity index (χ1v) is 6.64. The molecule has 102 valence electrons. The van der Waals surface area contributed by atoms with Gasteiger partial charge in [-0.2, -0.15) is 0 Å². The van der Waals surface area contributed by atoms with Crippen molar-refractivity contribution < 1.29 is 9.53 Å². The molecule has 1 unspecified atom stereocenters. The molecule has 4 heteroatoms. The molecule has 0 rings (SSSR count). The van der Waals surface area contributed by atoms with Gasteiger partial charge in [0.2, 0.25) is 0 Å². The van der Waals surface area contributed by atoms with Crippen molar-refractivity contribution in [2.45, 2.75) is 46.1 Å². The van der Waals surface area contributed by atoms with Crippen LogP contribution in [0.25, 0.3) is 0 Å². The zero-order valence-corrected chi connectivity index (χ0v) is 11.7. The fourth-order valence-corrected chi connectivity index (χ4v) is 1.88. The number of nitrogens with two attached hydrogens (primary N) is 1. The van der Waals surface area contributed by atoms with Crippen molar-refractivity contribution in [1.82, 2.24) is 4.90 Å². The number of ether oxygens (including phenoxy) is 1. The monoisotopic (exact) mass is 244 g/mol. The summed E-state index contributed by atoms with van der Waals surface area (Å²) in [6, 6.07) is -0.490. The fourth-order valence-electron chi connectivity index (χ4n) is 1.88. The fraction of sp³-hybridized carbons (Fsp3) is 0.923. The van der Waals surface area contributed by atoms with Gasteiger partial charge in [-0.05, 0) is 18.9 Å². The van der Waals surface area contributed by atoms with Gasteiger partial charge in [0.25, 0.3) is 0 Å². The lowest BCUT2D eigenvalue weighted by Gasteiger charge is -2.25. The smallest absolute Gasteiger partial charge is 0.322 e. The van der Waals surface area contributed by atoms with Crippen LogP contribution in [0.4, 0.5) is 0 Å². The van der Waals surface area contributed by atoms with Gasteiger partial charge in [0.1, 0.15) is 6.04 Å². The molecule has 2 N–H and O–H groups in total. The van der Waals surface area contributed by atoms with E-state index in [1.807, 2.05) is 0 Å². The van der Waals surface area contributed by atoms with Gasteiger partial charge < -0.3 is 15.4 Å². The van der Waals surface area contributed by atoms with E-state index in [1.165, 1.54) is 20.0 Å². The molecule has 0 aromatic heterocycles. The van der Waals surface area contributed by atoms with Crippen molar-refractivity contribution in [2.75, 3.05) is 26.7 Å². The summed E-state index contributed by atoms with van der Waals surface area (Å²) in [5.74, 6) is 0.424. The van der Waals surface area contributed by atoms with Crippen LogP contribution < -0.4 is 5.73 Å². The van der Waals surface area contributed by atoms with Gasteiger partial charge in [-0.15, -0.1) is 0 Å². The third-order valence-corrected chi connectivity index (χ3v) is 3.38. The zero-order valence-electron chi connectivity index (χ0n) is 11.7. The van der Waals surface area contributed by atoms with Crippen molar-refractivity contribution >= 4 is 5.97 Å². The molecule has 4 nitrogen and oxygen atoms in total. The summed E-state index contributed by atoms with van der Waals surface area (Å²) in [5, 5.41) is 0. The molecule has 0 aliphatic rings. The molecule has 0 fully saturated rings. The van der Waals surface area contributed by atoms with E-state index in [2.05, 4.69) is 30.4 Å². The van der Waals surface area contributed by atoms with Gasteiger partial charge in [0.15, 0.2) is 0 Å². The van der Waals surface area contributed by atoms with Crippen LogP contribution in [0.15, 0.2) is 0 Å². The van der Waals surface area contributed by atoms with Gasteiger partial charge in [-0.3, -0.25) is 4.79 Å². The summed E-state index contributed by atoms with van der Waals surface area (Å²) in [6.07, 6.45) is 3.08. The van der Waals surface area contributed by atoms with E-state index in [9.17, 15) is 4.79 Å². The third-order valence-electron chi connectivity index (χ3n) is 3.38. The molecule has 0 saturated heterocycles. The van der Waals surface area contributed by atoms with Crippen LogP contribution in [-0.4, -0.2) is 43.7 Å². The van der Waals surface area contributed by atoms with Gasteiger partial charge in [0, 0.05) is 13.1 Å². The van der Waals surface area contributed by atoms with E-state index < -0.39 is 6.04 Å². The molecule has 0 aromatic carbocycles. The molecular formula is C13H28N2O2. The molecule has 1 atom stereocenters. The largest absolute Gasteiger partial charge is 0.468 e. The van der Waals surface area contributed by atoms with E-state index >= 15 is 0 Å². The van der Waals surface area contributed by atoms with Gasteiger partial charge in [-0.1, -0.05) is 33.6 Å². The Morgan fingerprint density at radius 1 is 1.29 bits per heavy atom. The lowest BCUT2D eigenvalue weighted by molar-refractivity contribution is -0.142. The molecule has 0 aliphatic heterocycles. The Bertz CT molecular complexity index is 206. The minimum Gasteiger partial charge on any atom is -0.468 e. The first-order chi connectivity index (χ1) is 8.08. The molecule has 0 heterocycles. The second-order valence-corrected chi connectivity index (χ2v) is 4.49. The number of hydrogen-bond donors (Lipinski definition) is 1. The Hall–Kier alpha value is -0.610. The number of hydrogen-bond acceptors (Lipinski definition) is 4. The predicted octanol–water partition coefficient (Wildman–Crippen LogP) is 1.63. The Balaban J connectivity index is 4.00. The van der Waals surface area contributed by atoms with Crippen LogP contribution in [-0.2, 0) is 9.53 Å². The first-order valence-electron chi connectivity index (χ1n) is 6.64. The minimum absolute atomic E-state index is 0.316. The number of carbonyl (C=O) groups is 1. The first kappa shape index (κ1) is 16.4. The number of methoxy groups -OCH3 is 1. The molecule has 17 heavy (non-hydrogen) atoms. The zero-order chi connectivity index (χ0) is 13.3. The van der Waals surface area contributed by atoms with Crippen LogP contribution in [0.3, 0.4) is 0 Å². The quantitative estimate of drug-likeness (QED) is 0.626. The topological polar surface area (TPSA) is 55.6 Å². The maximum Gasteiger partial charge on any atom is 0.322 e. The summed E-state index contributed by atoms with van der Waals surface area (Å²) in [5.41, 5.74) is 5.73. The normalized spacial score (nSPS) is 13.1. The molecule has 0 amide bonds. The summed E-state index contributed by atoms with van der Waals surface area (Å²) in [6.45, 7) is 9.56. The van der Waals surface area contributed by atoms with Gasteiger partial charge in [0.05, 0.1) is 7.11 Å². The Morgan fingerprint density at radius 3 is 2.29 bits per heavy atom. The highest BCUT2D eigenvalue weighted by atomic mass is 16.5. The van der Waals surface area contributed by atoms with Crippen molar-refractivity contribution in [2.24, 2.45) is 11.7 Å². The summed E-state index contributed by atoms with van der Waals surface area (Å²) >= 11 is 0. The van der Waals surface area contributed by atoms with E-state index in [0.29, 0.717) is 6.42 Å². The van der Waals surface area contributed by atoms with Crippen LogP contribution in [0.2, 0.25) is 0 Å². The third kappa shape index (κ3) is 6.64. The second kappa shape index (κ2) is 9.42. The molecule has 0 radical (unpaired) electrons. The Kier molecular flexibility index (Phi) is 9.09. The van der Waals surface area contributed by atoms with Crippen LogP contribution >= 0.6 is 0 Å². The van der Waals surface area contributed by atoms with Crippen molar-refractivity contribution in [3.05, 3.63) is 0 Å². The molecule has 0 saturated carbocycles. The molecule has 0 spiro atoms. The van der Waals surface area contributed by atoms with Crippen LogP contribution in [0, 0.1) is 5.92 Å². The molecule has 0 aliphatic carbocycles. The standard InChI is InChI=1S/C13H28N2O2/c1-5-11(6-2)10-15(7-3)9-8-12(14)13(16)17-4/h11-12H,5-10,14H2,1-4H3. The van der Waals surface area contributed by atoms with Crippen molar-refractivity contribution in [3.8, 4) is 0 Å². The maximum absolute atomic E-state index is 11.2. The number of esters is 1. The van der Waals surface area contributed by atoms with E-state index in [1.54, 1.807) is 0 Å². The highest BCUT2D eigenvalue weighted by Crippen LogP contribution is 2.10. The number of rotatable bonds is 9. The van der Waals surface area contributed by atoms with Gasteiger partial charge in [-0.25, -0.2) is 0 Å². The van der Waals surface area contributed by atoms with E-state index in [4.69, 9.17) is 5.73 Å². The average Bonchev–Trinajstić information content (AvgIpc) is 2.37. The highest BCUT2D eigenvalue weighted by molar-refractivity contribution is 5.75. The minimum atomic E-state index is -0.490. The lowest BCUT2D eigenvalue weighted by Crippen LogP contribution is -2.37. The SMILES string of the molecule is CCC(CC)CN(CC)CCC(N)C(=O)OC. The van der Waals surface area contributed by atoms with Gasteiger partial charge >= 0.3 is 5.97 Å². The van der Waals surface area contributed by atoms with Crippen LogP contribution in [0.1, 0.15) is 40.0 Å². The lowest BCUT2D eigenvalue weighted by atomic mass is 10.0. The highest BCUT2D eigenvalue weighted by Gasteiger charge is 2.16. The van der Waals surface area contributed by atoms with E-state index in [-0.39, 0.29) is 5.97 Å². The number of carbonyl (C=O) groups excluding carboxylic acids is 1. The summed E-state index contributed by atoms with van der Waals surface area (Å²) in [7, 11) is 1.38. The summed E-state index contributed by atoms with van der Waals surface area (Å²) in [4.78, 5) is 13.5. The van der Waals surface area contributed by atoms with Crippen molar-refractivity contribution in [1.29, 1.82) is 0 Å². The molecule has 0 aromatic rings. The number of nitrogens with zero attached hydrogens (tertiary/aromatic N) is 1. The van der Waals surface area contributed by atoms with E-state index in [0.717, 1.165) is 25.6 Å². The predicted molar refractivity (Wildman–Crippen MR) is 70.8 cm³/mol. The Morgan fingerprint density at radius 2 is 1.88 bits per heavy atom. The van der Waals surface area contributed by atoms with Crippen LogP contribution in [0.5, 0.6) is 0 Å². The van der Waals surface area contributed by atoms with Crippen molar-refractivity contribution in [3.63, 3.8) is 0 Å². The average molecular weight is 244 g/mol.